The van der Waals surface area contributed by atoms with Gasteiger partial charge in [-0.1, -0.05) is 18.2 Å². The summed E-state index contributed by atoms with van der Waals surface area (Å²) >= 11 is 0. The smallest absolute Gasteiger partial charge is 0.219 e. The molecular formula is C20H30N2O4. The Labute approximate surface area is 155 Å². The number of benzene rings is 1. The Morgan fingerprint density at radius 1 is 1.31 bits per heavy atom. The molecule has 0 bridgehead atoms. The van der Waals surface area contributed by atoms with Crippen molar-refractivity contribution in [1.82, 2.24) is 9.80 Å². The maximum atomic E-state index is 11.5. The van der Waals surface area contributed by atoms with Crippen molar-refractivity contribution in [3.63, 3.8) is 0 Å². The van der Waals surface area contributed by atoms with Crippen LogP contribution in [0.25, 0.3) is 0 Å². The number of hydrogen-bond acceptors (Lipinski definition) is 5. The molecule has 1 amide bonds. The van der Waals surface area contributed by atoms with E-state index in [0.29, 0.717) is 19.2 Å². The second-order valence-electron chi connectivity index (χ2n) is 7.54. The number of carbonyl (C=O) groups is 1. The van der Waals surface area contributed by atoms with E-state index in [2.05, 4.69) is 4.90 Å². The molecule has 2 aliphatic heterocycles. The summed E-state index contributed by atoms with van der Waals surface area (Å²) in [6.45, 7) is 7.63. The van der Waals surface area contributed by atoms with Gasteiger partial charge in [-0.05, 0) is 31.4 Å². The molecule has 26 heavy (non-hydrogen) atoms. The van der Waals surface area contributed by atoms with Crippen LogP contribution in [0.1, 0.15) is 25.3 Å². The van der Waals surface area contributed by atoms with E-state index in [1.54, 1.807) is 6.92 Å². The number of aryl methyl sites for hydroxylation is 1. The summed E-state index contributed by atoms with van der Waals surface area (Å²) in [5.41, 5.74) is 0.0235. The molecule has 0 unspecified atom stereocenters. The summed E-state index contributed by atoms with van der Waals surface area (Å²) in [5, 5.41) is 11.1. The largest absolute Gasteiger partial charge is 0.490 e. The van der Waals surface area contributed by atoms with Gasteiger partial charge in [-0.2, -0.15) is 0 Å². The number of rotatable bonds is 4. The first-order valence-corrected chi connectivity index (χ1v) is 9.45. The fourth-order valence-corrected chi connectivity index (χ4v) is 3.82. The Morgan fingerprint density at radius 3 is 2.73 bits per heavy atom. The van der Waals surface area contributed by atoms with Crippen molar-refractivity contribution in [2.24, 2.45) is 0 Å². The van der Waals surface area contributed by atoms with Gasteiger partial charge in [-0.25, -0.2) is 0 Å². The van der Waals surface area contributed by atoms with E-state index in [4.69, 9.17) is 9.47 Å². The molecule has 6 nitrogen and oxygen atoms in total. The molecular weight excluding hydrogens is 332 g/mol. The topological polar surface area (TPSA) is 62.2 Å². The first kappa shape index (κ1) is 19.1. The van der Waals surface area contributed by atoms with Crippen LogP contribution < -0.4 is 4.74 Å². The van der Waals surface area contributed by atoms with Crippen LogP contribution in [0.3, 0.4) is 0 Å². The van der Waals surface area contributed by atoms with Crippen molar-refractivity contribution in [3.8, 4) is 5.75 Å². The normalized spacial score (nSPS) is 25.7. The van der Waals surface area contributed by atoms with E-state index < -0.39 is 5.60 Å². The minimum atomic E-state index is -1.03. The number of carbonyl (C=O) groups excluding carboxylic acids is 1. The molecule has 1 aromatic carbocycles. The Morgan fingerprint density at radius 2 is 2.04 bits per heavy atom. The van der Waals surface area contributed by atoms with Crippen LogP contribution in [0, 0.1) is 6.92 Å². The van der Waals surface area contributed by atoms with Gasteiger partial charge in [0.05, 0.1) is 13.2 Å². The number of para-hydroxylation sites is 1. The number of likely N-dealkylation sites (tertiary alicyclic amines) is 1. The van der Waals surface area contributed by atoms with Gasteiger partial charge in [-0.3, -0.25) is 9.69 Å². The Hall–Kier alpha value is -1.63. The van der Waals surface area contributed by atoms with E-state index in [1.807, 2.05) is 36.1 Å². The standard InChI is InChI=1S/C20H30N2O4/c1-16-5-3-4-6-19(16)26-15-20(24)13-22(11-12-25-14-20)18-7-9-21(10-8-18)17(2)23/h3-6,18,24H,7-15H2,1-2H3/t20-/m1/s1. The Balaban J connectivity index is 1.59. The van der Waals surface area contributed by atoms with Crippen LogP contribution in [0.5, 0.6) is 5.75 Å². The molecule has 2 saturated heterocycles. The lowest BCUT2D eigenvalue weighted by atomic mass is 9.99. The molecule has 2 fully saturated rings. The molecule has 0 aliphatic carbocycles. The maximum absolute atomic E-state index is 11.5. The number of hydrogen-bond donors (Lipinski definition) is 1. The van der Waals surface area contributed by atoms with Crippen LogP contribution in [-0.4, -0.2) is 78.5 Å². The molecule has 0 spiro atoms. The minimum Gasteiger partial charge on any atom is -0.490 e. The number of aliphatic hydroxyl groups is 1. The lowest BCUT2D eigenvalue weighted by Gasteiger charge is -2.40. The van der Waals surface area contributed by atoms with Gasteiger partial charge in [0.1, 0.15) is 18.0 Å². The van der Waals surface area contributed by atoms with Crippen LogP contribution in [0.4, 0.5) is 0 Å². The lowest BCUT2D eigenvalue weighted by molar-refractivity contribution is -0.130. The van der Waals surface area contributed by atoms with Crippen molar-refractivity contribution >= 4 is 5.91 Å². The number of β-amino-alcohol motifs (C(OH)–C–C–N with tert-alkyl or cyclic N) is 1. The van der Waals surface area contributed by atoms with Crippen molar-refractivity contribution in [2.75, 3.05) is 46.0 Å². The third-order valence-corrected chi connectivity index (χ3v) is 5.41. The highest BCUT2D eigenvalue weighted by Crippen LogP contribution is 2.23. The monoisotopic (exact) mass is 362 g/mol. The van der Waals surface area contributed by atoms with Crippen molar-refractivity contribution in [3.05, 3.63) is 29.8 Å². The molecule has 6 heteroatoms. The SMILES string of the molecule is CC(=O)N1CCC(N2CCOC[C@@](O)(COc3ccccc3C)C2)CC1. The summed E-state index contributed by atoms with van der Waals surface area (Å²) in [6, 6.07) is 8.20. The summed E-state index contributed by atoms with van der Waals surface area (Å²) in [6.07, 6.45) is 1.88. The van der Waals surface area contributed by atoms with Crippen LogP contribution >= 0.6 is 0 Å². The third kappa shape index (κ3) is 4.75. The Bertz CT molecular complexity index is 616. The van der Waals surface area contributed by atoms with Gasteiger partial charge < -0.3 is 19.5 Å². The lowest BCUT2D eigenvalue weighted by Crippen LogP contribution is -2.53. The van der Waals surface area contributed by atoms with Gasteiger partial charge in [0, 0.05) is 39.1 Å². The first-order chi connectivity index (χ1) is 12.5. The molecule has 3 rings (SSSR count). The van der Waals surface area contributed by atoms with E-state index in [9.17, 15) is 9.90 Å². The second kappa shape index (κ2) is 8.37. The molecule has 2 aliphatic rings. The fraction of sp³-hybridized carbons (Fsp3) is 0.650. The van der Waals surface area contributed by atoms with E-state index in [0.717, 1.165) is 43.8 Å². The minimum absolute atomic E-state index is 0.144. The summed E-state index contributed by atoms with van der Waals surface area (Å²) in [4.78, 5) is 15.7. The zero-order chi connectivity index (χ0) is 18.6. The zero-order valence-corrected chi connectivity index (χ0v) is 15.8. The highest BCUT2D eigenvalue weighted by Gasteiger charge is 2.37. The highest BCUT2D eigenvalue weighted by atomic mass is 16.5. The van der Waals surface area contributed by atoms with Crippen molar-refractivity contribution in [2.45, 2.75) is 38.3 Å². The van der Waals surface area contributed by atoms with Crippen LogP contribution in [0.2, 0.25) is 0 Å². The summed E-state index contributed by atoms with van der Waals surface area (Å²) in [7, 11) is 0. The van der Waals surface area contributed by atoms with Gasteiger partial charge in [0.15, 0.2) is 0 Å². The summed E-state index contributed by atoms with van der Waals surface area (Å²) < 4.78 is 11.6. The molecule has 1 aromatic rings. The van der Waals surface area contributed by atoms with Gasteiger partial charge >= 0.3 is 0 Å². The van der Waals surface area contributed by atoms with Gasteiger partial charge in [0.2, 0.25) is 5.91 Å². The van der Waals surface area contributed by atoms with E-state index in [1.165, 1.54) is 0 Å². The number of ether oxygens (including phenoxy) is 2. The zero-order valence-electron chi connectivity index (χ0n) is 15.8. The highest BCUT2D eigenvalue weighted by molar-refractivity contribution is 5.73. The molecule has 1 N–H and O–H groups in total. The first-order valence-electron chi connectivity index (χ1n) is 9.45. The molecule has 0 radical (unpaired) electrons. The van der Waals surface area contributed by atoms with Crippen LogP contribution in [0.15, 0.2) is 24.3 Å². The fourth-order valence-electron chi connectivity index (χ4n) is 3.82. The van der Waals surface area contributed by atoms with E-state index >= 15 is 0 Å². The number of nitrogens with zero attached hydrogens (tertiary/aromatic N) is 2. The maximum Gasteiger partial charge on any atom is 0.219 e. The van der Waals surface area contributed by atoms with E-state index in [-0.39, 0.29) is 19.1 Å². The van der Waals surface area contributed by atoms with Crippen LogP contribution in [-0.2, 0) is 9.53 Å². The molecule has 2 heterocycles. The van der Waals surface area contributed by atoms with Gasteiger partial charge in [-0.15, -0.1) is 0 Å². The molecule has 0 saturated carbocycles. The quantitative estimate of drug-likeness (QED) is 0.878. The Kier molecular flexibility index (Phi) is 6.16. The predicted molar refractivity (Wildman–Crippen MR) is 99.3 cm³/mol. The molecule has 1 atom stereocenters. The molecule has 0 aromatic heterocycles. The average Bonchev–Trinajstić information content (AvgIpc) is 2.83. The number of amides is 1. The molecule has 144 valence electrons. The van der Waals surface area contributed by atoms with Crippen molar-refractivity contribution in [1.29, 1.82) is 0 Å². The van der Waals surface area contributed by atoms with Crippen molar-refractivity contribution < 1.29 is 19.4 Å². The summed E-state index contributed by atoms with van der Waals surface area (Å²) in [5.74, 6) is 0.942. The van der Waals surface area contributed by atoms with Gasteiger partial charge in [0.25, 0.3) is 0 Å². The number of piperidine rings is 1. The second-order valence-corrected chi connectivity index (χ2v) is 7.54. The third-order valence-electron chi connectivity index (χ3n) is 5.41. The predicted octanol–water partition coefficient (Wildman–Crippen LogP) is 1.45. The average molecular weight is 362 g/mol.